The van der Waals surface area contributed by atoms with Gasteiger partial charge in [-0.05, 0) is 35.4 Å². The molecule has 1 aliphatic rings. The van der Waals surface area contributed by atoms with Crippen molar-refractivity contribution in [1.82, 2.24) is 4.90 Å². The van der Waals surface area contributed by atoms with E-state index in [1.54, 1.807) is 0 Å². The van der Waals surface area contributed by atoms with Crippen molar-refractivity contribution in [3.05, 3.63) is 53.1 Å². The van der Waals surface area contributed by atoms with Crippen LogP contribution in [0.25, 0.3) is 11.1 Å². The van der Waals surface area contributed by atoms with E-state index in [1.165, 1.54) is 0 Å². The summed E-state index contributed by atoms with van der Waals surface area (Å²) in [6.07, 6.45) is 0. The number of amides is 1. The van der Waals surface area contributed by atoms with E-state index in [4.69, 9.17) is 26.8 Å². The maximum Gasteiger partial charge on any atom is 0.254 e. The molecule has 0 aliphatic carbocycles. The smallest absolute Gasteiger partial charge is 0.254 e. The first-order valence-electron chi connectivity index (χ1n) is 8.29. The predicted molar refractivity (Wildman–Crippen MR) is 98.2 cm³/mol. The van der Waals surface area contributed by atoms with Crippen molar-refractivity contribution < 1.29 is 14.3 Å². The zero-order valence-corrected chi connectivity index (χ0v) is 14.7. The molecule has 6 heteroatoms. The Morgan fingerprint density at radius 3 is 2.44 bits per heavy atom. The summed E-state index contributed by atoms with van der Waals surface area (Å²) >= 11 is 6.26. The third kappa shape index (κ3) is 4.31. The van der Waals surface area contributed by atoms with Gasteiger partial charge in [-0.1, -0.05) is 29.8 Å². The van der Waals surface area contributed by atoms with E-state index in [9.17, 15) is 4.79 Å². The predicted octanol–water partition coefficient (Wildman–Crippen LogP) is 2.82. The van der Waals surface area contributed by atoms with Gasteiger partial charge in [-0.15, -0.1) is 0 Å². The van der Waals surface area contributed by atoms with Crippen LogP contribution in [-0.4, -0.2) is 50.3 Å². The molecule has 0 saturated carbocycles. The number of halogens is 1. The largest absolute Gasteiger partial charge is 0.491 e. The number of benzene rings is 2. The van der Waals surface area contributed by atoms with Crippen LogP contribution in [0, 0.1) is 0 Å². The number of hydrogen-bond donors (Lipinski definition) is 1. The molecule has 1 amide bonds. The minimum Gasteiger partial charge on any atom is -0.491 e. The number of morpholine rings is 1. The Hall–Kier alpha value is -2.08. The number of hydrogen-bond acceptors (Lipinski definition) is 4. The minimum atomic E-state index is 0.0402. The summed E-state index contributed by atoms with van der Waals surface area (Å²) in [5.74, 6) is 0.661. The third-order valence-electron chi connectivity index (χ3n) is 4.07. The average Bonchev–Trinajstić information content (AvgIpc) is 2.67. The van der Waals surface area contributed by atoms with Crippen LogP contribution in [0.5, 0.6) is 5.75 Å². The Bertz CT molecular complexity index is 728. The molecule has 0 radical (unpaired) electrons. The maximum absolute atomic E-state index is 12.5. The fourth-order valence-electron chi connectivity index (χ4n) is 2.72. The molecular weight excluding hydrogens is 340 g/mol. The zero-order valence-electron chi connectivity index (χ0n) is 13.9. The van der Waals surface area contributed by atoms with Crippen molar-refractivity contribution in [1.29, 1.82) is 0 Å². The summed E-state index contributed by atoms with van der Waals surface area (Å²) in [4.78, 5) is 14.3. The van der Waals surface area contributed by atoms with Gasteiger partial charge in [0.1, 0.15) is 12.4 Å². The second-order valence-electron chi connectivity index (χ2n) is 5.76. The summed E-state index contributed by atoms with van der Waals surface area (Å²) in [6.45, 7) is 3.34. The van der Waals surface area contributed by atoms with Crippen LogP contribution in [-0.2, 0) is 4.74 Å². The Labute approximate surface area is 152 Å². The lowest BCUT2D eigenvalue weighted by atomic mass is 10.0. The van der Waals surface area contributed by atoms with Gasteiger partial charge in [-0.25, -0.2) is 0 Å². The van der Waals surface area contributed by atoms with Gasteiger partial charge in [0, 0.05) is 25.2 Å². The topological polar surface area (TPSA) is 64.8 Å². The lowest BCUT2D eigenvalue weighted by Gasteiger charge is -2.26. The van der Waals surface area contributed by atoms with Crippen molar-refractivity contribution >= 4 is 17.5 Å². The quantitative estimate of drug-likeness (QED) is 0.890. The summed E-state index contributed by atoms with van der Waals surface area (Å²) < 4.78 is 10.8. The van der Waals surface area contributed by atoms with Crippen LogP contribution in [0.15, 0.2) is 42.5 Å². The van der Waals surface area contributed by atoms with E-state index in [0.29, 0.717) is 55.8 Å². The highest BCUT2D eigenvalue weighted by Crippen LogP contribution is 2.30. The van der Waals surface area contributed by atoms with Gasteiger partial charge in [0.2, 0.25) is 0 Å². The molecule has 3 rings (SSSR count). The molecule has 1 saturated heterocycles. The highest BCUT2D eigenvalue weighted by atomic mass is 35.5. The first-order valence-corrected chi connectivity index (χ1v) is 8.66. The monoisotopic (exact) mass is 360 g/mol. The van der Waals surface area contributed by atoms with Gasteiger partial charge in [0.05, 0.1) is 18.2 Å². The van der Waals surface area contributed by atoms with Gasteiger partial charge in [-0.3, -0.25) is 4.79 Å². The van der Waals surface area contributed by atoms with Gasteiger partial charge in [-0.2, -0.15) is 0 Å². The van der Waals surface area contributed by atoms with E-state index < -0.39 is 0 Å². The van der Waals surface area contributed by atoms with Gasteiger partial charge in [0.25, 0.3) is 5.91 Å². The fourth-order valence-corrected chi connectivity index (χ4v) is 2.96. The Morgan fingerprint density at radius 1 is 1.12 bits per heavy atom. The molecule has 0 bridgehead atoms. The molecule has 132 valence electrons. The van der Waals surface area contributed by atoms with Crippen LogP contribution in [0.2, 0.25) is 5.02 Å². The van der Waals surface area contributed by atoms with Crippen LogP contribution >= 0.6 is 11.6 Å². The first-order chi connectivity index (χ1) is 12.2. The molecule has 1 fully saturated rings. The lowest BCUT2D eigenvalue weighted by Crippen LogP contribution is -2.40. The second kappa shape index (κ2) is 8.34. The number of carbonyl (C=O) groups excluding carboxylic acids is 1. The van der Waals surface area contributed by atoms with Gasteiger partial charge in [0.15, 0.2) is 0 Å². The molecule has 0 spiro atoms. The van der Waals surface area contributed by atoms with Gasteiger partial charge < -0.3 is 20.1 Å². The molecule has 0 unspecified atom stereocenters. The molecule has 0 atom stereocenters. The van der Waals surface area contributed by atoms with E-state index in [2.05, 4.69) is 0 Å². The Kier molecular flexibility index (Phi) is 5.91. The third-order valence-corrected chi connectivity index (χ3v) is 4.37. The first kappa shape index (κ1) is 17.7. The van der Waals surface area contributed by atoms with E-state index in [1.807, 2.05) is 47.4 Å². The van der Waals surface area contributed by atoms with Crippen molar-refractivity contribution in [2.24, 2.45) is 5.73 Å². The number of nitrogens with zero attached hydrogens (tertiary/aromatic N) is 1. The maximum atomic E-state index is 12.5. The SMILES string of the molecule is NCCOc1ccc(-c2ccc(C(=O)N3CCOCC3)cc2)cc1Cl. The Morgan fingerprint density at radius 2 is 1.80 bits per heavy atom. The summed E-state index contributed by atoms with van der Waals surface area (Å²) in [5, 5.41) is 0.541. The number of ether oxygens (including phenoxy) is 2. The minimum absolute atomic E-state index is 0.0402. The fraction of sp³-hybridized carbons (Fsp3) is 0.316. The average molecular weight is 361 g/mol. The highest BCUT2D eigenvalue weighted by molar-refractivity contribution is 6.32. The summed E-state index contributed by atoms with van der Waals surface area (Å²) in [5.41, 5.74) is 8.07. The van der Waals surface area contributed by atoms with Crippen LogP contribution in [0.4, 0.5) is 0 Å². The molecule has 2 N–H and O–H groups in total. The normalized spacial score (nSPS) is 14.4. The van der Waals surface area contributed by atoms with E-state index >= 15 is 0 Å². The lowest BCUT2D eigenvalue weighted by molar-refractivity contribution is 0.0303. The molecule has 1 aliphatic heterocycles. The van der Waals surface area contributed by atoms with Crippen molar-refractivity contribution in [2.75, 3.05) is 39.5 Å². The highest BCUT2D eigenvalue weighted by Gasteiger charge is 2.18. The molecule has 2 aromatic rings. The van der Waals surface area contributed by atoms with Crippen LogP contribution in [0.3, 0.4) is 0 Å². The number of nitrogens with two attached hydrogens (primary N) is 1. The van der Waals surface area contributed by atoms with Gasteiger partial charge >= 0.3 is 0 Å². The molecular formula is C19H21ClN2O3. The van der Waals surface area contributed by atoms with E-state index in [-0.39, 0.29) is 5.91 Å². The zero-order chi connectivity index (χ0) is 17.6. The molecule has 0 aromatic heterocycles. The van der Waals surface area contributed by atoms with Crippen molar-refractivity contribution in [3.8, 4) is 16.9 Å². The summed E-state index contributed by atoms with van der Waals surface area (Å²) in [6, 6.07) is 13.2. The van der Waals surface area contributed by atoms with Crippen molar-refractivity contribution in [3.63, 3.8) is 0 Å². The van der Waals surface area contributed by atoms with Crippen LogP contribution in [0.1, 0.15) is 10.4 Å². The molecule has 25 heavy (non-hydrogen) atoms. The van der Waals surface area contributed by atoms with E-state index in [0.717, 1.165) is 11.1 Å². The molecule has 5 nitrogen and oxygen atoms in total. The Balaban J connectivity index is 1.73. The second-order valence-corrected chi connectivity index (χ2v) is 6.17. The summed E-state index contributed by atoms with van der Waals surface area (Å²) in [7, 11) is 0. The molecule has 2 aromatic carbocycles. The van der Waals surface area contributed by atoms with Crippen LogP contribution < -0.4 is 10.5 Å². The standard InChI is InChI=1S/C19H21ClN2O3/c20-17-13-16(5-6-18(17)25-10-7-21)14-1-3-15(4-2-14)19(23)22-8-11-24-12-9-22/h1-6,13H,7-12,21H2. The van der Waals surface area contributed by atoms with Crippen molar-refractivity contribution in [2.45, 2.75) is 0 Å². The number of rotatable bonds is 5. The number of carbonyl (C=O) groups is 1. The molecule has 1 heterocycles.